The predicted octanol–water partition coefficient (Wildman–Crippen LogP) is 4.57. The summed E-state index contributed by atoms with van der Waals surface area (Å²) < 4.78 is 10.9. The molecule has 1 heterocycles. The summed E-state index contributed by atoms with van der Waals surface area (Å²) in [5, 5.41) is 4.06. The zero-order chi connectivity index (χ0) is 14.4. The van der Waals surface area contributed by atoms with Crippen molar-refractivity contribution >= 4 is 11.6 Å². The largest absolute Gasteiger partial charge is 0.484 e. The number of furan rings is 1. The van der Waals surface area contributed by atoms with E-state index in [-0.39, 0.29) is 6.04 Å². The molecule has 0 spiro atoms. The zero-order valence-electron chi connectivity index (χ0n) is 11.9. The molecular formula is C16H20ClNO2. The fraction of sp³-hybridized carbons (Fsp3) is 0.375. The van der Waals surface area contributed by atoms with Crippen LogP contribution in [0.1, 0.15) is 37.6 Å². The van der Waals surface area contributed by atoms with Gasteiger partial charge in [-0.1, -0.05) is 24.6 Å². The van der Waals surface area contributed by atoms with Crippen molar-refractivity contribution in [1.82, 2.24) is 5.32 Å². The van der Waals surface area contributed by atoms with Crippen molar-refractivity contribution in [2.75, 3.05) is 6.54 Å². The molecule has 0 bridgehead atoms. The first-order chi connectivity index (χ1) is 9.70. The predicted molar refractivity (Wildman–Crippen MR) is 81.2 cm³/mol. The minimum absolute atomic E-state index is 0.284. The lowest BCUT2D eigenvalue weighted by atomic mass is 10.1. The highest BCUT2D eigenvalue weighted by atomic mass is 35.5. The molecule has 0 fully saturated rings. The van der Waals surface area contributed by atoms with Gasteiger partial charge < -0.3 is 14.5 Å². The van der Waals surface area contributed by atoms with Crippen molar-refractivity contribution in [2.24, 2.45) is 0 Å². The summed E-state index contributed by atoms with van der Waals surface area (Å²) >= 11 is 6.26. The maximum absolute atomic E-state index is 6.26. The molecule has 1 atom stereocenters. The Balaban J connectivity index is 1.98. The Morgan fingerprint density at radius 2 is 2.20 bits per heavy atom. The van der Waals surface area contributed by atoms with Crippen molar-refractivity contribution in [3.05, 3.63) is 52.9 Å². The van der Waals surface area contributed by atoms with Gasteiger partial charge in [0.25, 0.3) is 0 Å². The Hall–Kier alpha value is -1.45. The molecule has 0 saturated carbocycles. The lowest BCUT2D eigenvalue weighted by Gasteiger charge is -2.15. The minimum Gasteiger partial charge on any atom is -0.484 e. The van der Waals surface area contributed by atoms with Crippen LogP contribution in [0.15, 0.2) is 41.0 Å². The van der Waals surface area contributed by atoms with E-state index in [1.807, 2.05) is 30.3 Å². The number of hydrogen-bond donors (Lipinski definition) is 1. The molecule has 0 aliphatic rings. The molecule has 1 unspecified atom stereocenters. The number of rotatable bonds is 7. The van der Waals surface area contributed by atoms with Crippen LogP contribution in [0.4, 0.5) is 0 Å². The second-order valence-corrected chi connectivity index (χ2v) is 5.14. The average Bonchev–Trinajstić information content (AvgIpc) is 2.96. The second kappa shape index (κ2) is 7.36. The second-order valence-electron chi connectivity index (χ2n) is 4.73. The van der Waals surface area contributed by atoms with Gasteiger partial charge in [0, 0.05) is 6.04 Å². The highest BCUT2D eigenvalue weighted by Crippen LogP contribution is 2.28. The van der Waals surface area contributed by atoms with Crippen molar-refractivity contribution in [3.8, 4) is 5.75 Å². The van der Waals surface area contributed by atoms with E-state index >= 15 is 0 Å². The summed E-state index contributed by atoms with van der Waals surface area (Å²) in [6, 6.07) is 9.89. The minimum atomic E-state index is 0.284. The van der Waals surface area contributed by atoms with Gasteiger partial charge in [-0.3, -0.25) is 0 Å². The van der Waals surface area contributed by atoms with Gasteiger partial charge in [-0.05, 0) is 49.7 Å². The van der Waals surface area contributed by atoms with Crippen LogP contribution in [0.5, 0.6) is 5.75 Å². The molecule has 0 saturated heterocycles. The van der Waals surface area contributed by atoms with Crippen molar-refractivity contribution < 1.29 is 9.15 Å². The van der Waals surface area contributed by atoms with E-state index in [2.05, 4.69) is 19.2 Å². The first-order valence-electron chi connectivity index (χ1n) is 6.88. The molecule has 0 aliphatic heterocycles. The summed E-state index contributed by atoms with van der Waals surface area (Å²) in [6.45, 7) is 5.66. The van der Waals surface area contributed by atoms with Crippen LogP contribution >= 0.6 is 11.6 Å². The van der Waals surface area contributed by atoms with E-state index in [0.717, 1.165) is 24.3 Å². The summed E-state index contributed by atoms with van der Waals surface area (Å²) in [6.07, 6.45) is 2.74. The monoisotopic (exact) mass is 293 g/mol. The van der Waals surface area contributed by atoms with Gasteiger partial charge in [0.15, 0.2) is 0 Å². The lowest BCUT2D eigenvalue weighted by Crippen LogP contribution is -2.19. The molecule has 3 nitrogen and oxygen atoms in total. The fourth-order valence-electron chi connectivity index (χ4n) is 1.93. The van der Waals surface area contributed by atoms with Gasteiger partial charge in [-0.25, -0.2) is 0 Å². The number of hydrogen-bond acceptors (Lipinski definition) is 3. The van der Waals surface area contributed by atoms with Crippen LogP contribution in [0.25, 0.3) is 0 Å². The van der Waals surface area contributed by atoms with Crippen LogP contribution in [0, 0.1) is 0 Å². The molecule has 1 aromatic carbocycles. The molecule has 0 amide bonds. The maximum Gasteiger partial charge on any atom is 0.146 e. The SMILES string of the molecule is CCCNC(C)c1ccc(OCc2ccco2)c(Cl)c1. The first kappa shape index (κ1) is 14.9. The van der Waals surface area contributed by atoms with Gasteiger partial charge in [-0.15, -0.1) is 0 Å². The quantitative estimate of drug-likeness (QED) is 0.812. The molecule has 2 aromatic rings. The van der Waals surface area contributed by atoms with Crippen LogP contribution < -0.4 is 10.1 Å². The van der Waals surface area contributed by atoms with Gasteiger partial charge >= 0.3 is 0 Å². The standard InChI is InChI=1S/C16H20ClNO2/c1-3-8-18-12(2)13-6-7-16(15(17)10-13)20-11-14-5-4-9-19-14/h4-7,9-10,12,18H,3,8,11H2,1-2H3. The first-order valence-corrected chi connectivity index (χ1v) is 7.26. The topological polar surface area (TPSA) is 34.4 Å². The van der Waals surface area contributed by atoms with E-state index < -0.39 is 0 Å². The fourth-order valence-corrected chi connectivity index (χ4v) is 2.17. The third-order valence-electron chi connectivity index (χ3n) is 3.11. The van der Waals surface area contributed by atoms with Crippen molar-refractivity contribution in [1.29, 1.82) is 0 Å². The van der Waals surface area contributed by atoms with Gasteiger partial charge in [0.2, 0.25) is 0 Å². The lowest BCUT2D eigenvalue weighted by molar-refractivity contribution is 0.270. The van der Waals surface area contributed by atoms with E-state index in [4.69, 9.17) is 20.8 Å². The van der Waals surface area contributed by atoms with E-state index in [1.165, 1.54) is 0 Å². The summed E-state index contributed by atoms with van der Waals surface area (Å²) in [5.41, 5.74) is 1.16. The van der Waals surface area contributed by atoms with Gasteiger partial charge in [0.05, 0.1) is 11.3 Å². The van der Waals surface area contributed by atoms with Crippen molar-refractivity contribution in [2.45, 2.75) is 32.9 Å². The summed E-state index contributed by atoms with van der Waals surface area (Å²) in [7, 11) is 0. The molecule has 0 radical (unpaired) electrons. The molecule has 1 aromatic heterocycles. The number of halogens is 1. The van der Waals surface area contributed by atoms with Crippen LogP contribution in [0.2, 0.25) is 5.02 Å². The Morgan fingerprint density at radius 1 is 1.35 bits per heavy atom. The van der Waals surface area contributed by atoms with Gasteiger partial charge in [-0.2, -0.15) is 0 Å². The number of nitrogens with one attached hydrogen (secondary N) is 1. The van der Waals surface area contributed by atoms with Crippen LogP contribution in [0.3, 0.4) is 0 Å². The molecule has 4 heteroatoms. The Kier molecular flexibility index (Phi) is 5.50. The summed E-state index contributed by atoms with van der Waals surface area (Å²) in [4.78, 5) is 0. The number of benzene rings is 1. The maximum atomic E-state index is 6.26. The molecule has 20 heavy (non-hydrogen) atoms. The molecule has 1 N–H and O–H groups in total. The normalized spacial score (nSPS) is 12.3. The van der Waals surface area contributed by atoms with Gasteiger partial charge in [0.1, 0.15) is 18.1 Å². The zero-order valence-corrected chi connectivity index (χ0v) is 12.6. The van der Waals surface area contributed by atoms with Crippen LogP contribution in [-0.4, -0.2) is 6.54 Å². The van der Waals surface area contributed by atoms with Crippen molar-refractivity contribution in [3.63, 3.8) is 0 Å². The average molecular weight is 294 g/mol. The molecule has 108 valence electrons. The summed E-state index contributed by atoms with van der Waals surface area (Å²) in [5.74, 6) is 1.46. The Bertz CT molecular complexity index is 525. The Labute approximate surface area is 124 Å². The smallest absolute Gasteiger partial charge is 0.146 e. The molecular weight excluding hydrogens is 274 g/mol. The van der Waals surface area contributed by atoms with E-state index in [1.54, 1.807) is 6.26 Å². The third-order valence-corrected chi connectivity index (χ3v) is 3.40. The number of ether oxygens (including phenoxy) is 1. The third kappa shape index (κ3) is 4.02. The van der Waals surface area contributed by atoms with Crippen LogP contribution in [-0.2, 0) is 6.61 Å². The highest BCUT2D eigenvalue weighted by Gasteiger charge is 2.09. The van der Waals surface area contributed by atoms with E-state index in [9.17, 15) is 0 Å². The molecule has 2 rings (SSSR count). The molecule has 0 aliphatic carbocycles. The highest BCUT2D eigenvalue weighted by molar-refractivity contribution is 6.32. The van der Waals surface area contributed by atoms with E-state index in [0.29, 0.717) is 17.4 Å². The Morgan fingerprint density at radius 3 is 2.85 bits per heavy atom.